The maximum absolute atomic E-state index is 11.4. The van der Waals surface area contributed by atoms with E-state index in [9.17, 15) is 5.11 Å². The van der Waals surface area contributed by atoms with Crippen LogP contribution < -0.4 is 4.74 Å². The Hall–Kier alpha value is -1.65. The van der Waals surface area contributed by atoms with Crippen LogP contribution in [0.25, 0.3) is 10.9 Å². The van der Waals surface area contributed by atoms with Crippen LogP contribution >= 0.6 is 0 Å². The van der Waals surface area contributed by atoms with E-state index in [1.807, 2.05) is 24.4 Å². The number of hydrogen-bond acceptors (Lipinski definition) is 4. The van der Waals surface area contributed by atoms with Crippen LogP contribution in [0.2, 0.25) is 0 Å². The van der Waals surface area contributed by atoms with E-state index >= 15 is 0 Å². The van der Waals surface area contributed by atoms with Gasteiger partial charge in [-0.3, -0.25) is 9.88 Å². The molecule has 0 saturated carbocycles. The molecule has 2 aromatic rings. The molecule has 4 nitrogen and oxygen atoms in total. The van der Waals surface area contributed by atoms with Gasteiger partial charge in [0.1, 0.15) is 5.75 Å². The number of piperidine rings is 3. The fourth-order valence-electron chi connectivity index (χ4n) is 5.69. The highest BCUT2D eigenvalue weighted by Gasteiger charge is 2.42. The van der Waals surface area contributed by atoms with Gasteiger partial charge in [-0.2, -0.15) is 0 Å². The second-order valence-electron chi connectivity index (χ2n) is 10.1. The molecule has 5 atom stereocenters. The van der Waals surface area contributed by atoms with E-state index in [-0.39, 0.29) is 6.04 Å². The largest absolute Gasteiger partial charge is 0.494 e. The maximum Gasteiger partial charge on any atom is 0.120 e. The van der Waals surface area contributed by atoms with Crippen molar-refractivity contribution in [1.29, 1.82) is 0 Å². The van der Waals surface area contributed by atoms with Gasteiger partial charge in [0.15, 0.2) is 0 Å². The highest BCUT2D eigenvalue weighted by atomic mass is 16.5. The summed E-state index contributed by atoms with van der Waals surface area (Å²) in [6.45, 7) is 9.87. The van der Waals surface area contributed by atoms with E-state index in [0.29, 0.717) is 0 Å². The number of ether oxygens (including phenoxy) is 1. The molecule has 1 aromatic heterocycles. The van der Waals surface area contributed by atoms with Crippen LogP contribution in [-0.4, -0.2) is 40.7 Å². The molecule has 0 aliphatic carbocycles. The number of aliphatic hydroxyl groups is 1. The minimum Gasteiger partial charge on any atom is -0.494 e. The molecule has 5 rings (SSSR count). The molecule has 0 amide bonds. The second kappa shape index (κ2) is 10.3. The van der Waals surface area contributed by atoms with Crippen LogP contribution in [0.3, 0.4) is 0 Å². The lowest BCUT2D eigenvalue weighted by Crippen LogP contribution is -2.55. The number of unbranched alkanes of at least 4 members (excludes halogenated alkanes) is 2. The Morgan fingerprint density at radius 3 is 2.81 bits per heavy atom. The predicted molar refractivity (Wildman–Crippen MR) is 127 cm³/mol. The molecule has 170 valence electrons. The van der Waals surface area contributed by atoms with Crippen molar-refractivity contribution in [2.75, 3.05) is 19.7 Å². The van der Waals surface area contributed by atoms with Gasteiger partial charge in [-0.25, -0.2) is 0 Å². The molecule has 4 heterocycles. The Morgan fingerprint density at radius 1 is 1.19 bits per heavy atom. The quantitative estimate of drug-likeness (QED) is 0.476. The van der Waals surface area contributed by atoms with Gasteiger partial charge in [0.25, 0.3) is 0 Å². The van der Waals surface area contributed by atoms with Crippen molar-refractivity contribution in [3.8, 4) is 5.75 Å². The molecule has 3 fully saturated rings. The zero-order valence-corrected chi connectivity index (χ0v) is 19.6. The van der Waals surface area contributed by atoms with Gasteiger partial charge in [-0.15, -0.1) is 0 Å². The van der Waals surface area contributed by atoms with Crippen molar-refractivity contribution in [3.05, 3.63) is 36.0 Å². The summed E-state index contributed by atoms with van der Waals surface area (Å²) in [7, 11) is 0. The molecule has 2 bridgehead atoms. The highest BCUT2D eigenvalue weighted by Crippen LogP contribution is 2.42. The molecule has 3 aliphatic heterocycles. The van der Waals surface area contributed by atoms with Crippen LogP contribution in [0.5, 0.6) is 5.75 Å². The Labute approximate surface area is 188 Å². The summed E-state index contributed by atoms with van der Waals surface area (Å²) in [4.78, 5) is 7.07. The van der Waals surface area contributed by atoms with E-state index in [4.69, 9.17) is 4.74 Å². The minimum atomic E-state index is -0.475. The van der Waals surface area contributed by atoms with Crippen molar-refractivity contribution in [2.24, 2.45) is 17.8 Å². The van der Waals surface area contributed by atoms with Crippen LogP contribution in [-0.2, 0) is 0 Å². The average molecular weight is 425 g/mol. The minimum absolute atomic E-state index is 0.220. The first kappa shape index (κ1) is 22.5. The molecule has 0 spiro atoms. The Balaban J connectivity index is 1.44. The molecule has 5 unspecified atom stereocenters. The number of benzene rings is 1. The van der Waals surface area contributed by atoms with Crippen LogP contribution in [0.15, 0.2) is 30.5 Å². The zero-order chi connectivity index (χ0) is 21.8. The second-order valence-corrected chi connectivity index (χ2v) is 10.1. The molecule has 3 saturated heterocycles. The number of aromatic nitrogens is 1. The van der Waals surface area contributed by atoms with E-state index in [2.05, 4.69) is 36.7 Å². The van der Waals surface area contributed by atoms with Crippen molar-refractivity contribution in [1.82, 2.24) is 9.88 Å². The summed E-state index contributed by atoms with van der Waals surface area (Å²) in [5, 5.41) is 12.5. The third kappa shape index (κ3) is 5.23. The average Bonchev–Trinajstić information content (AvgIpc) is 2.80. The molecule has 3 aliphatic rings. The number of nitrogens with zero attached hydrogens (tertiary/aromatic N) is 2. The molecule has 1 aromatic carbocycles. The Kier molecular flexibility index (Phi) is 7.50. The van der Waals surface area contributed by atoms with Crippen molar-refractivity contribution < 1.29 is 9.84 Å². The van der Waals surface area contributed by atoms with Crippen LogP contribution in [0.4, 0.5) is 0 Å². The summed E-state index contributed by atoms with van der Waals surface area (Å²) < 4.78 is 6.06. The number of hydrogen-bond donors (Lipinski definition) is 1. The number of aliphatic hydroxyl groups excluding tert-OH is 1. The summed E-state index contributed by atoms with van der Waals surface area (Å²) >= 11 is 0. The van der Waals surface area contributed by atoms with E-state index in [0.717, 1.165) is 72.5 Å². The van der Waals surface area contributed by atoms with Gasteiger partial charge in [0.2, 0.25) is 0 Å². The predicted octanol–water partition coefficient (Wildman–Crippen LogP) is 5.98. The topological polar surface area (TPSA) is 45.6 Å². The van der Waals surface area contributed by atoms with Crippen molar-refractivity contribution >= 4 is 10.9 Å². The fraction of sp³-hybridized carbons (Fsp3) is 0.667. The van der Waals surface area contributed by atoms with Gasteiger partial charge in [0, 0.05) is 24.2 Å². The third-order valence-corrected chi connectivity index (χ3v) is 7.58. The Bertz CT molecular complexity index is 852. The normalized spacial score (nSPS) is 26.5. The standard InChI is InChI=1S/C27H40N2O2/c1-4-20-18-29-14-12-21(20)16-26(29)27(30)23-11-13-28-25-10-9-22(17-24(23)25)31-15-7-5-6-8-19(2)3/h9-11,13,17,19-21,26-27,30H,4-8,12,14-16,18H2,1-3H3. The fourth-order valence-corrected chi connectivity index (χ4v) is 5.69. The molecular weight excluding hydrogens is 384 g/mol. The van der Waals surface area contributed by atoms with Crippen molar-refractivity contribution in [2.45, 2.75) is 77.9 Å². The first-order valence-electron chi connectivity index (χ1n) is 12.5. The monoisotopic (exact) mass is 424 g/mol. The van der Waals surface area contributed by atoms with Gasteiger partial charge < -0.3 is 9.84 Å². The van der Waals surface area contributed by atoms with Gasteiger partial charge in [-0.05, 0) is 73.4 Å². The number of pyridine rings is 1. The summed E-state index contributed by atoms with van der Waals surface area (Å²) in [5.74, 6) is 3.22. The molecule has 4 heteroatoms. The lowest BCUT2D eigenvalue weighted by molar-refractivity contribution is -0.0562. The Morgan fingerprint density at radius 2 is 2.06 bits per heavy atom. The SMILES string of the molecule is CCC1CN2CCC1CC2C(O)c1ccnc2ccc(OCCCCCC(C)C)cc12. The molecule has 31 heavy (non-hydrogen) atoms. The third-order valence-electron chi connectivity index (χ3n) is 7.58. The number of rotatable bonds is 10. The smallest absolute Gasteiger partial charge is 0.120 e. The summed E-state index contributed by atoms with van der Waals surface area (Å²) in [5.41, 5.74) is 1.93. The lowest BCUT2D eigenvalue weighted by Gasteiger charge is -2.51. The first-order chi connectivity index (χ1) is 15.1. The van der Waals surface area contributed by atoms with E-state index < -0.39 is 6.10 Å². The van der Waals surface area contributed by atoms with E-state index in [1.54, 1.807) is 0 Å². The van der Waals surface area contributed by atoms with Crippen LogP contribution in [0, 0.1) is 17.8 Å². The maximum atomic E-state index is 11.4. The van der Waals surface area contributed by atoms with Gasteiger partial charge in [-0.1, -0.05) is 46.5 Å². The lowest BCUT2D eigenvalue weighted by atomic mass is 9.72. The molecule has 1 N–H and O–H groups in total. The molecule has 0 radical (unpaired) electrons. The highest BCUT2D eigenvalue weighted by molar-refractivity contribution is 5.84. The van der Waals surface area contributed by atoms with Gasteiger partial charge >= 0.3 is 0 Å². The number of fused-ring (bicyclic) bond motifs is 4. The van der Waals surface area contributed by atoms with Crippen molar-refractivity contribution in [3.63, 3.8) is 0 Å². The molecular formula is C27H40N2O2. The zero-order valence-electron chi connectivity index (χ0n) is 19.6. The summed E-state index contributed by atoms with van der Waals surface area (Å²) in [6.07, 6.45) is 9.88. The van der Waals surface area contributed by atoms with Crippen LogP contribution in [0.1, 0.15) is 77.4 Å². The van der Waals surface area contributed by atoms with Gasteiger partial charge in [0.05, 0.1) is 18.2 Å². The summed E-state index contributed by atoms with van der Waals surface area (Å²) in [6, 6.07) is 8.35. The first-order valence-corrected chi connectivity index (χ1v) is 12.5. The van der Waals surface area contributed by atoms with E-state index in [1.165, 1.54) is 32.1 Å².